The van der Waals surface area contributed by atoms with Crippen molar-refractivity contribution in [1.82, 2.24) is 0 Å². The van der Waals surface area contributed by atoms with Crippen LogP contribution in [0.4, 0.5) is 0 Å². The van der Waals surface area contributed by atoms with Crippen molar-refractivity contribution < 1.29 is 302 Å². The van der Waals surface area contributed by atoms with Crippen LogP contribution in [0.1, 0.15) is 0 Å². The van der Waals surface area contributed by atoms with E-state index in [1.54, 1.807) is 0 Å². The Morgan fingerprint density at radius 3 is 0.354 bits per heavy atom. The maximum atomic E-state index is 13.0. The zero-order chi connectivity index (χ0) is 114. The zero-order valence-corrected chi connectivity index (χ0v) is 140. The fourth-order valence-corrected chi connectivity index (χ4v) is 742. The summed E-state index contributed by atoms with van der Waals surface area (Å²) in [5.74, 6) is 0. The van der Waals surface area contributed by atoms with Crippen LogP contribution in [0.15, 0.2) is 0 Å². The number of rotatable bonds is 73. The van der Waals surface area contributed by atoms with E-state index in [1.807, 2.05) is 0 Å². The van der Waals surface area contributed by atoms with Crippen molar-refractivity contribution in [3.8, 4) is 0 Å². The monoisotopic (exact) mass is 3120 g/mol. The third kappa shape index (κ3) is 40.8. The Morgan fingerprint density at radius 2 is 0.236 bits per heavy atom. The van der Waals surface area contributed by atoms with Gasteiger partial charge in [-0.2, -0.15) is 0 Å². The van der Waals surface area contributed by atoms with E-state index in [0.29, 0.717) is 0 Å². The van der Waals surface area contributed by atoms with E-state index < -0.39 is 534 Å². The van der Waals surface area contributed by atoms with Crippen molar-refractivity contribution in [2.45, 2.75) is 45.8 Å². The molecule has 0 aliphatic rings. The molecule has 68 nitrogen and oxygen atoms in total. The molecule has 0 aromatic heterocycles. The van der Waals surface area contributed by atoms with E-state index in [0.717, 1.165) is 13.1 Å². The fraction of sp³-hybridized carbons (Fsp3) is 1.00. The van der Waals surface area contributed by atoms with Gasteiger partial charge in [0.1, 0.15) is 0 Å². The Balaban J connectivity index is 5.98. The minimum atomic E-state index is -5.02. The van der Waals surface area contributed by atoms with Crippen LogP contribution in [0, 0.1) is 0 Å². The van der Waals surface area contributed by atoms with Gasteiger partial charge in [0.05, 0.1) is 0 Å². The SMILES string of the molecule is CO[SiH2][Si](=O)O[Si](C)(C)O[SiH2][Si](=O)[Si](=O)[Si](=O)[Si](=O)[Si](=O)[Si](=O)[Si](=O)[Si](=O)[Si](=O)[Si](=O)[Si](=O)[Si](=O)[Si](=O)O[Si](C)(C)O[SiH2][Si](=O)[Si](=O)[Si](=O)[Si](=O)[Si](=O)[Si](=O)[Si](=O)[Si](=O)[Si](=O)[Si](=O)[Si](=O)[Si](=O)[Si](=O)[Si](=O)[Si](=O)[Si](=O)[Si](=O)[Si](=O)[Si](=O)[Si](=O)[Si](=O)[Si](=O)[Si](=O)[Si](=O)[Si](=O)[Si](=O)[Si](=O)[Si](=O)[Si](=O)[Si](=O)[Si](=O)[Si](=O)[Si](=O)[Si](=O)[Si](=O)[Si](=O)[Si](=O)[Si](=O)[Si](=O)[Si](=O)[Si](=O)[Si](=O)[Si](=O)[Si](=O)[Si](=O)[Si](=O)[Si](=O)[Si](=O)O[Si](C)(C)C. The van der Waals surface area contributed by atoms with E-state index in [2.05, 4.69) is 0 Å². The first-order valence-corrected chi connectivity index (χ1v) is 199. The molecule has 0 bridgehead atoms. The molecule has 0 unspecified atom stereocenters. The summed E-state index contributed by atoms with van der Waals surface area (Å²) in [5.41, 5.74) is 0. The highest BCUT2D eigenvalue weighted by molar-refractivity contribution is 7.88. The molecule has 742 valence electrons. The molecule has 0 amide bonds. The molecule has 144 heavy (non-hydrogen) atoms. The second-order valence-electron chi connectivity index (χ2n) is 26.8. The van der Waals surface area contributed by atoms with Gasteiger partial charge in [0.2, 0.25) is 26.9 Å². The first-order valence-electron chi connectivity index (χ1n) is 34.9. The van der Waals surface area contributed by atoms with Gasteiger partial charge in [-0.15, -0.1) is 0 Å². The van der Waals surface area contributed by atoms with Crippen LogP contribution in [-0.4, -0.2) is 541 Å². The normalized spacial score (nSPS) is 10.7. The highest BCUT2D eigenvalue weighted by atomic mass is 30.2. The highest BCUT2D eigenvalue weighted by Crippen LogP contribution is 2.08. The largest absolute Gasteiger partial charge is 0.578 e. The van der Waals surface area contributed by atoms with Gasteiger partial charge >= 0.3 is 498 Å². The van der Waals surface area contributed by atoms with E-state index >= 15 is 0 Å². The quantitative estimate of drug-likeness (QED) is 0.0510. The molecule has 0 aromatic rings. The van der Waals surface area contributed by atoms with Gasteiger partial charge in [0.15, 0.2) is 0 Å². The summed E-state index contributed by atoms with van der Waals surface area (Å²) in [6, 6.07) is 0. The first kappa shape index (κ1) is 146. The van der Waals surface area contributed by atoms with Crippen molar-refractivity contribution in [3.05, 3.63) is 0 Å². The topological polar surface area (TPSA) is 1110 Å². The van der Waals surface area contributed by atoms with Crippen LogP contribution in [0.3, 0.4) is 0 Å². The molecule has 0 aromatic carbocycles. The lowest BCUT2D eigenvalue weighted by Gasteiger charge is -2.22. The van der Waals surface area contributed by atoms with Gasteiger partial charge in [0, 0.05) is 7.11 Å². The Morgan fingerprint density at radius 1 is 0.132 bits per heavy atom. The molecule has 0 rings (SSSR count). The van der Waals surface area contributed by atoms with E-state index in [-0.39, 0.29) is 0 Å². The maximum Gasteiger partial charge on any atom is 0.533 e. The Hall–Kier alpha value is 1.63. The zero-order valence-electron chi connectivity index (χ0n) is 70.4. The molecular weight excluding hydrogens is 3090 g/mol. The van der Waals surface area contributed by atoms with Gasteiger partial charge in [-0.3, -0.25) is 0 Å². The van der Waals surface area contributed by atoms with Crippen molar-refractivity contribution in [3.63, 3.8) is 0 Å². The summed E-state index contributed by atoms with van der Waals surface area (Å²) in [6.07, 6.45) is 0. The molecular formula is C8H30O68Si68. The molecule has 0 spiro atoms. The minimum Gasteiger partial charge on any atom is -0.578 e. The molecule has 0 aliphatic carbocycles. The Kier molecular flexibility index (Phi) is 65.5. The molecule has 0 saturated heterocycles. The standard InChI is InChI=1S/C8H30O68Si68/c1-71-77-80(9)74-143(5,6)72-78-83(12)87(16)91(20)95(24)99(28)103(32)105(34)102(31)98(27)94(23)90(19)86(15)82(11)76-144(7,8)73-79-84(13)88(17)92(21)96(25)100(29)104(33)107(36)109(38)111(40)113(42)115(44)117(46)119(48)121(50)123(52)125(54)127(56)129(58)131(60)133(62)135(64)137(66)139(68)141(70)140(69)138(67)136(65)134(63)132(61)130(59)128(57)126(55)124(53)122(51)120(49)118(47)116(45)114(43)112(41)110(39)108(37)106(35)101(30)97(26)93(22)89(18)85(14)81(10)75-142(2,3)4/h77-79H2,1-8H3. The summed E-state index contributed by atoms with van der Waals surface area (Å²) in [4.78, 5) is 0. The van der Waals surface area contributed by atoms with E-state index in [1.165, 1.54) is 39.8 Å². The second-order valence-corrected chi connectivity index (χ2v) is 343. The number of hydrogen-bond donors (Lipinski definition) is 0. The average molecular weight is 3120 g/mol. The van der Waals surface area contributed by atoms with Crippen LogP contribution >= 0.6 is 0 Å². The predicted molar refractivity (Wildman–Crippen MR) is 496 cm³/mol. The molecule has 0 radical (unpaired) electrons. The fourth-order valence-electron chi connectivity index (χ4n) is 7.59. The molecule has 0 N–H and O–H groups in total. The van der Waals surface area contributed by atoms with Gasteiger partial charge in [-0.05, 0) is 45.8 Å². The predicted octanol–water partition coefficient (Wildman–Crippen LogP) is -31.0. The van der Waals surface area contributed by atoms with Crippen LogP contribution in [-0.2, 0) is 302 Å². The molecule has 0 heterocycles. The van der Waals surface area contributed by atoms with E-state index in [9.17, 15) is 277 Å². The van der Waals surface area contributed by atoms with Gasteiger partial charge in [-0.25, -0.2) is 0 Å². The smallest absolute Gasteiger partial charge is 0.533 e. The second kappa shape index (κ2) is 64.8. The highest BCUT2D eigenvalue weighted by Gasteiger charge is 2.64. The Bertz CT molecular complexity index is 6800. The lowest BCUT2D eigenvalue weighted by Crippen LogP contribution is -2.58. The van der Waals surface area contributed by atoms with Crippen molar-refractivity contribution >= 4 is 534 Å². The van der Waals surface area contributed by atoms with Gasteiger partial charge in [0.25, 0.3) is 9.28 Å². The van der Waals surface area contributed by atoms with Crippen molar-refractivity contribution in [2.24, 2.45) is 0 Å². The minimum absolute atomic E-state index is 0.872. The summed E-state index contributed by atoms with van der Waals surface area (Å²) in [6.45, 7) is 8.69. The van der Waals surface area contributed by atoms with Gasteiger partial charge < -0.3 is 302 Å². The third-order valence-corrected chi connectivity index (χ3v) is 510. The summed E-state index contributed by atoms with van der Waals surface area (Å²) in [7, 11) is -306. The van der Waals surface area contributed by atoms with Crippen LogP contribution in [0.2, 0.25) is 45.8 Å². The van der Waals surface area contributed by atoms with Crippen LogP contribution in [0.25, 0.3) is 0 Å². The average Bonchev–Trinajstić information content (AvgIpc) is 0.810. The molecule has 0 atom stereocenters. The number of hydrogen-bond acceptors (Lipinski definition) is 68. The Labute approximate surface area is 877 Å². The lowest BCUT2D eigenvalue weighted by atomic mass is 11.8. The van der Waals surface area contributed by atoms with E-state index in [4.69, 9.17) is 25.0 Å². The van der Waals surface area contributed by atoms with Crippen molar-refractivity contribution in [1.29, 1.82) is 0 Å². The first-order chi connectivity index (χ1) is 65.4. The van der Waals surface area contributed by atoms with Gasteiger partial charge in [-0.1, -0.05) is 0 Å². The lowest BCUT2D eigenvalue weighted by molar-refractivity contribution is 0.381. The summed E-state index contributed by atoms with van der Waals surface area (Å²) < 4.78 is 830. The molecule has 0 saturated carbocycles. The van der Waals surface area contributed by atoms with Crippen LogP contribution in [0.5, 0.6) is 0 Å². The third-order valence-electron chi connectivity index (χ3n) is 14.7. The molecule has 0 fully saturated rings. The maximum absolute atomic E-state index is 13.0. The summed E-state index contributed by atoms with van der Waals surface area (Å²) >= 11 is 0. The molecule has 136 heteroatoms. The van der Waals surface area contributed by atoms with Crippen molar-refractivity contribution in [2.75, 3.05) is 7.11 Å². The summed E-state index contributed by atoms with van der Waals surface area (Å²) in [5, 5.41) is 0. The molecule has 0 aliphatic heterocycles. The van der Waals surface area contributed by atoms with Crippen LogP contribution < -0.4 is 0 Å².